The van der Waals surface area contributed by atoms with Crippen molar-refractivity contribution in [3.8, 4) is 0 Å². The van der Waals surface area contributed by atoms with E-state index >= 15 is 0 Å². The molecule has 16 heavy (non-hydrogen) atoms. The molecular formula is C12H16ClNO2. The number of benzene rings is 1. The van der Waals surface area contributed by atoms with Gasteiger partial charge in [-0.2, -0.15) is 0 Å². The van der Waals surface area contributed by atoms with Gasteiger partial charge in [0.05, 0.1) is 6.61 Å². The van der Waals surface area contributed by atoms with Crippen molar-refractivity contribution in [2.45, 2.75) is 25.2 Å². The summed E-state index contributed by atoms with van der Waals surface area (Å²) in [5.41, 5.74) is 6.50. The van der Waals surface area contributed by atoms with Crippen LogP contribution in [0.2, 0.25) is 5.02 Å². The van der Waals surface area contributed by atoms with Gasteiger partial charge in [-0.1, -0.05) is 29.8 Å². The van der Waals surface area contributed by atoms with Crippen molar-refractivity contribution in [2.75, 3.05) is 13.2 Å². The van der Waals surface area contributed by atoms with Crippen LogP contribution in [0.15, 0.2) is 24.3 Å². The number of hydrogen-bond acceptors (Lipinski definition) is 3. The quantitative estimate of drug-likeness (QED) is 0.884. The van der Waals surface area contributed by atoms with Crippen molar-refractivity contribution in [3.63, 3.8) is 0 Å². The van der Waals surface area contributed by atoms with E-state index in [2.05, 4.69) is 0 Å². The molecule has 1 aromatic rings. The molecule has 0 bridgehead atoms. The largest absolute Gasteiger partial charge is 0.347 e. The van der Waals surface area contributed by atoms with E-state index in [4.69, 9.17) is 26.8 Å². The van der Waals surface area contributed by atoms with Crippen molar-refractivity contribution < 1.29 is 9.47 Å². The molecule has 1 aliphatic heterocycles. The van der Waals surface area contributed by atoms with Crippen LogP contribution in [0.1, 0.15) is 25.0 Å². The molecule has 0 aliphatic carbocycles. The molecule has 0 amide bonds. The van der Waals surface area contributed by atoms with Gasteiger partial charge in [-0.05, 0) is 19.5 Å². The average Bonchev–Trinajstić information content (AvgIpc) is 2.62. The topological polar surface area (TPSA) is 44.5 Å². The number of ether oxygens (including phenoxy) is 2. The van der Waals surface area contributed by atoms with E-state index in [0.29, 0.717) is 24.6 Å². The van der Waals surface area contributed by atoms with Crippen LogP contribution in [0.25, 0.3) is 0 Å². The zero-order valence-corrected chi connectivity index (χ0v) is 10.0. The highest BCUT2D eigenvalue weighted by Crippen LogP contribution is 2.37. The molecule has 0 aromatic heterocycles. The van der Waals surface area contributed by atoms with Crippen LogP contribution in [0, 0.1) is 0 Å². The summed E-state index contributed by atoms with van der Waals surface area (Å²) in [6.45, 7) is 2.99. The maximum atomic E-state index is 6.11. The van der Waals surface area contributed by atoms with Crippen molar-refractivity contribution >= 4 is 11.6 Å². The van der Waals surface area contributed by atoms with Crippen molar-refractivity contribution in [1.29, 1.82) is 0 Å². The lowest BCUT2D eigenvalue weighted by Crippen LogP contribution is -2.28. The first-order chi connectivity index (χ1) is 7.64. The minimum Gasteiger partial charge on any atom is -0.347 e. The smallest absolute Gasteiger partial charge is 0.167 e. The first-order valence-corrected chi connectivity index (χ1v) is 5.79. The molecule has 88 valence electrons. The van der Waals surface area contributed by atoms with Gasteiger partial charge < -0.3 is 15.2 Å². The third-order valence-electron chi connectivity index (χ3n) is 2.78. The Morgan fingerprint density at radius 2 is 2.25 bits per heavy atom. The van der Waals surface area contributed by atoms with Crippen LogP contribution in [-0.2, 0) is 9.47 Å². The lowest BCUT2D eigenvalue weighted by Gasteiger charge is -2.22. The van der Waals surface area contributed by atoms with Gasteiger partial charge in [-0.25, -0.2) is 0 Å². The van der Waals surface area contributed by atoms with Gasteiger partial charge in [0.25, 0.3) is 0 Å². The Kier molecular flexibility index (Phi) is 3.50. The highest BCUT2D eigenvalue weighted by molar-refractivity contribution is 6.31. The maximum Gasteiger partial charge on any atom is 0.167 e. The molecule has 4 heteroatoms. The molecule has 0 radical (unpaired) electrons. The Labute approximate surface area is 100 Å². The molecule has 0 saturated carbocycles. The minimum absolute atomic E-state index is 0.0924. The summed E-state index contributed by atoms with van der Waals surface area (Å²) in [5.74, 6) is -0.571. The maximum absolute atomic E-state index is 6.11. The van der Waals surface area contributed by atoms with Crippen molar-refractivity contribution in [3.05, 3.63) is 34.9 Å². The second kappa shape index (κ2) is 4.72. The Bertz CT molecular complexity index is 372. The summed E-state index contributed by atoms with van der Waals surface area (Å²) in [4.78, 5) is 0. The first-order valence-electron chi connectivity index (χ1n) is 5.41. The van der Waals surface area contributed by atoms with Crippen molar-refractivity contribution in [2.24, 2.45) is 5.73 Å². The first kappa shape index (κ1) is 11.9. The van der Waals surface area contributed by atoms with Gasteiger partial charge in [0, 0.05) is 17.0 Å². The van der Waals surface area contributed by atoms with Crippen LogP contribution in [0.5, 0.6) is 0 Å². The molecule has 2 rings (SSSR count). The van der Waals surface area contributed by atoms with E-state index in [1.807, 2.05) is 31.2 Å². The second-order valence-corrected chi connectivity index (χ2v) is 4.52. The zero-order chi connectivity index (χ0) is 11.6. The van der Waals surface area contributed by atoms with E-state index in [1.165, 1.54) is 0 Å². The highest BCUT2D eigenvalue weighted by atomic mass is 35.5. The van der Waals surface area contributed by atoms with Crippen LogP contribution >= 0.6 is 11.6 Å². The SMILES string of the molecule is CC1(CCN)OCC(c2ccccc2Cl)O1. The van der Waals surface area contributed by atoms with Gasteiger partial charge in [-0.3, -0.25) is 0 Å². The Hall–Kier alpha value is -0.610. The lowest BCUT2D eigenvalue weighted by atomic mass is 10.1. The van der Waals surface area contributed by atoms with E-state index in [-0.39, 0.29) is 6.10 Å². The van der Waals surface area contributed by atoms with Gasteiger partial charge in [0.1, 0.15) is 6.10 Å². The predicted octanol–water partition coefficient (Wildman–Crippen LogP) is 2.49. The molecule has 0 spiro atoms. The fourth-order valence-corrected chi connectivity index (χ4v) is 2.16. The summed E-state index contributed by atoms with van der Waals surface area (Å²) in [5, 5.41) is 0.716. The zero-order valence-electron chi connectivity index (χ0n) is 9.28. The third-order valence-corrected chi connectivity index (χ3v) is 3.13. The van der Waals surface area contributed by atoms with E-state index < -0.39 is 5.79 Å². The van der Waals surface area contributed by atoms with Crippen LogP contribution in [0.4, 0.5) is 0 Å². The Morgan fingerprint density at radius 3 is 2.94 bits per heavy atom. The molecule has 3 nitrogen and oxygen atoms in total. The van der Waals surface area contributed by atoms with Crippen LogP contribution in [0.3, 0.4) is 0 Å². The molecule has 2 N–H and O–H groups in total. The predicted molar refractivity (Wildman–Crippen MR) is 63.3 cm³/mol. The fraction of sp³-hybridized carbons (Fsp3) is 0.500. The number of hydrogen-bond donors (Lipinski definition) is 1. The molecule has 2 unspecified atom stereocenters. The molecule has 1 aromatic carbocycles. The summed E-state index contributed by atoms with van der Waals surface area (Å²) in [7, 11) is 0. The van der Waals surface area contributed by atoms with Gasteiger partial charge in [0.15, 0.2) is 5.79 Å². The van der Waals surface area contributed by atoms with Gasteiger partial charge in [0.2, 0.25) is 0 Å². The van der Waals surface area contributed by atoms with Crippen LogP contribution in [-0.4, -0.2) is 18.9 Å². The fourth-order valence-electron chi connectivity index (χ4n) is 1.90. The summed E-state index contributed by atoms with van der Waals surface area (Å²) in [6, 6.07) is 7.67. The van der Waals surface area contributed by atoms with E-state index in [1.54, 1.807) is 0 Å². The molecular weight excluding hydrogens is 226 g/mol. The number of rotatable bonds is 3. The number of nitrogens with two attached hydrogens (primary N) is 1. The summed E-state index contributed by atoms with van der Waals surface area (Å²) in [6.07, 6.45) is 0.596. The highest BCUT2D eigenvalue weighted by Gasteiger charge is 2.37. The third kappa shape index (κ3) is 2.38. The average molecular weight is 242 g/mol. The minimum atomic E-state index is -0.571. The Balaban J connectivity index is 2.12. The van der Waals surface area contributed by atoms with Crippen molar-refractivity contribution in [1.82, 2.24) is 0 Å². The van der Waals surface area contributed by atoms with Gasteiger partial charge in [-0.15, -0.1) is 0 Å². The Morgan fingerprint density at radius 1 is 1.50 bits per heavy atom. The summed E-state index contributed by atoms with van der Waals surface area (Å²) >= 11 is 6.11. The molecule has 1 aliphatic rings. The van der Waals surface area contributed by atoms with E-state index in [9.17, 15) is 0 Å². The molecule has 1 heterocycles. The van der Waals surface area contributed by atoms with E-state index in [0.717, 1.165) is 5.56 Å². The monoisotopic (exact) mass is 241 g/mol. The summed E-state index contributed by atoms with van der Waals surface area (Å²) < 4.78 is 11.5. The molecule has 2 atom stereocenters. The van der Waals surface area contributed by atoms with Gasteiger partial charge >= 0.3 is 0 Å². The normalized spacial score (nSPS) is 29.6. The lowest BCUT2D eigenvalue weighted by molar-refractivity contribution is -0.157. The van der Waals surface area contributed by atoms with Crippen LogP contribution < -0.4 is 5.73 Å². The second-order valence-electron chi connectivity index (χ2n) is 4.11. The number of halogens is 1. The molecule has 1 saturated heterocycles. The standard InChI is InChI=1S/C12H16ClNO2/c1-12(6-7-14)15-8-11(16-12)9-4-2-3-5-10(9)13/h2-5,11H,6-8,14H2,1H3. The molecule has 1 fully saturated rings.